The number of carbonyl (C=O) groups excluding carboxylic acids is 1. The molecule has 0 atom stereocenters. The first-order valence-corrected chi connectivity index (χ1v) is 8.71. The number of rotatable bonds is 4. The van der Waals surface area contributed by atoms with E-state index in [2.05, 4.69) is 10.3 Å². The van der Waals surface area contributed by atoms with Crippen LogP contribution in [0.5, 0.6) is 11.6 Å². The first-order valence-electron chi connectivity index (χ1n) is 8.71. The van der Waals surface area contributed by atoms with Gasteiger partial charge in [-0.1, -0.05) is 36.4 Å². The third-order valence-electron chi connectivity index (χ3n) is 4.36. The number of nitrogens with zero attached hydrogens (tertiary/aromatic N) is 2. The highest BCUT2D eigenvalue weighted by Crippen LogP contribution is 2.22. The Morgan fingerprint density at radius 3 is 2.57 bits per heavy atom. The Balaban J connectivity index is 1.63. The summed E-state index contributed by atoms with van der Waals surface area (Å²) in [4.78, 5) is 29.2. The van der Waals surface area contributed by atoms with E-state index in [0.29, 0.717) is 33.8 Å². The highest BCUT2D eigenvalue weighted by atomic mass is 16.5. The molecular formula is C22H17N3O3. The zero-order chi connectivity index (χ0) is 19.5. The van der Waals surface area contributed by atoms with Crippen LogP contribution in [0.4, 0.5) is 5.69 Å². The van der Waals surface area contributed by atoms with Crippen LogP contribution in [0.15, 0.2) is 83.8 Å². The molecule has 0 aliphatic carbocycles. The van der Waals surface area contributed by atoms with E-state index < -0.39 is 0 Å². The molecule has 0 spiro atoms. The van der Waals surface area contributed by atoms with Gasteiger partial charge in [-0.15, -0.1) is 0 Å². The third kappa shape index (κ3) is 3.48. The monoisotopic (exact) mass is 371 g/mol. The molecule has 28 heavy (non-hydrogen) atoms. The topological polar surface area (TPSA) is 73.2 Å². The Kier molecular flexibility index (Phi) is 4.60. The van der Waals surface area contributed by atoms with Gasteiger partial charge in [0.15, 0.2) is 0 Å². The minimum absolute atomic E-state index is 0.244. The lowest BCUT2D eigenvalue weighted by atomic mass is 10.1. The summed E-state index contributed by atoms with van der Waals surface area (Å²) in [6.45, 7) is 0. The van der Waals surface area contributed by atoms with E-state index >= 15 is 0 Å². The Morgan fingerprint density at radius 1 is 1.00 bits per heavy atom. The van der Waals surface area contributed by atoms with E-state index in [4.69, 9.17) is 4.74 Å². The molecule has 0 fully saturated rings. The van der Waals surface area contributed by atoms with Crippen LogP contribution in [0.25, 0.3) is 10.9 Å². The maximum atomic E-state index is 12.8. The molecule has 2 aromatic heterocycles. The Morgan fingerprint density at radius 2 is 1.75 bits per heavy atom. The highest BCUT2D eigenvalue weighted by molar-refractivity contribution is 6.12. The number of carbonyl (C=O) groups is 1. The molecule has 2 heterocycles. The first-order chi connectivity index (χ1) is 13.6. The van der Waals surface area contributed by atoms with Crippen molar-refractivity contribution >= 4 is 22.5 Å². The lowest BCUT2D eigenvalue weighted by Gasteiger charge is -2.11. The van der Waals surface area contributed by atoms with Crippen LogP contribution in [0, 0.1) is 0 Å². The fourth-order valence-corrected chi connectivity index (χ4v) is 2.95. The Labute approximate surface area is 161 Å². The lowest BCUT2D eigenvalue weighted by Crippen LogP contribution is -2.21. The molecule has 1 amide bonds. The van der Waals surface area contributed by atoms with Gasteiger partial charge in [-0.2, -0.15) is 0 Å². The van der Waals surface area contributed by atoms with E-state index in [1.54, 1.807) is 25.4 Å². The number of nitrogens with one attached hydrogen (secondary N) is 1. The first kappa shape index (κ1) is 17.5. The molecule has 0 saturated heterocycles. The third-order valence-corrected chi connectivity index (χ3v) is 4.36. The summed E-state index contributed by atoms with van der Waals surface area (Å²) in [5, 5.41) is 3.52. The molecule has 6 heteroatoms. The smallest absolute Gasteiger partial charge is 0.256 e. The number of hydrogen-bond acceptors (Lipinski definition) is 4. The van der Waals surface area contributed by atoms with Crippen LogP contribution in [0.2, 0.25) is 0 Å². The Bertz CT molecular complexity index is 1220. The van der Waals surface area contributed by atoms with Gasteiger partial charge in [0, 0.05) is 36.5 Å². The van der Waals surface area contributed by atoms with E-state index in [1.165, 1.54) is 10.6 Å². The summed E-state index contributed by atoms with van der Waals surface area (Å²) in [6, 6.07) is 21.2. The van der Waals surface area contributed by atoms with Crippen LogP contribution >= 0.6 is 0 Å². The van der Waals surface area contributed by atoms with Crippen molar-refractivity contribution in [3.8, 4) is 11.6 Å². The molecule has 6 nitrogen and oxygen atoms in total. The van der Waals surface area contributed by atoms with Gasteiger partial charge < -0.3 is 14.6 Å². The summed E-state index contributed by atoms with van der Waals surface area (Å²) in [7, 11) is 1.68. The number of ether oxygens (including phenoxy) is 1. The minimum Gasteiger partial charge on any atom is -0.439 e. The molecule has 0 aliphatic heterocycles. The van der Waals surface area contributed by atoms with Gasteiger partial charge in [-0.05, 0) is 24.3 Å². The van der Waals surface area contributed by atoms with Crippen molar-refractivity contribution in [2.45, 2.75) is 0 Å². The number of anilines is 1. The van der Waals surface area contributed by atoms with Crippen LogP contribution < -0.4 is 15.6 Å². The standard InChI is InChI=1S/C22H17N3O3/c1-25-19-10-6-5-9-17(19)18(14-21(25)26)22(27)24-15-11-12-23-20(13-15)28-16-7-3-2-4-8-16/h2-14H,1H3,(H,23,24,27). The highest BCUT2D eigenvalue weighted by Gasteiger charge is 2.14. The van der Waals surface area contributed by atoms with E-state index in [9.17, 15) is 9.59 Å². The number of benzene rings is 2. The van der Waals surface area contributed by atoms with Gasteiger partial charge >= 0.3 is 0 Å². The molecule has 4 aromatic rings. The van der Waals surface area contributed by atoms with Gasteiger partial charge in [0.25, 0.3) is 11.5 Å². The summed E-state index contributed by atoms with van der Waals surface area (Å²) in [5.41, 5.74) is 1.30. The van der Waals surface area contributed by atoms with Crippen molar-refractivity contribution in [3.63, 3.8) is 0 Å². The number of para-hydroxylation sites is 2. The van der Waals surface area contributed by atoms with Gasteiger partial charge in [-0.25, -0.2) is 4.98 Å². The largest absolute Gasteiger partial charge is 0.439 e. The fourth-order valence-electron chi connectivity index (χ4n) is 2.95. The predicted octanol–water partition coefficient (Wildman–Crippen LogP) is 3.98. The number of pyridine rings is 2. The summed E-state index contributed by atoms with van der Waals surface area (Å²) in [6.07, 6.45) is 1.55. The number of aromatic nitrogens is 2. The number of amides is 1. The molecule has 2 aromatic carbocycles. The average molecular weight is 371 g/mol. The molecule has 1 N–H and O–H groups in total. The van der Waals surface area contributed by atoms with E-state index in [-0.39, 0.29) is 11.5 Å². The van der Waals surface area contributed by atoms with E-state index in [1.807, 2.05) is 54.6 Å². The molecule has 0 saturated carbocycles. The van der Waals surface area contributed by atoms with Crippen molar-refractivity contribution in [3.05, 3.63) is 94.9 Å². The summed E-state index contributed by atoms with van der Waals surface area (Å²) in [5.74, 6) is 0.639. The van der Waals surface area contributed by atoms with Gasteiger partial charge in [-0.3, -0.25) is 9.59 Å². The molecular weight excluding hydrogens is 354 g/mol. The van der Waals surface area contributed by atoms with Crippen molar-refractivity contribution in [1.82, 2.24) is 9.55 Å². The second-order valence-electron chi connectivity index (χ2n) is 6.22. The molecule has 4 rings (SSSR count). The second kappa shape index (κ2) is 7.36. The number of hydrogen-bond donors (Lipinski definition) is 1. The van der Waals surface area contributed by atoms with Crippen LogP contribution in [0.3, 0.4) is 0 Å². The van der Waals surface area contributed by atoms with E-state index in [0.717, 1.165) is 0 Å². The van der Waals surface area contributed by atoms with Crippen LogP contribution in [0.1, 0.15) is 10.4 Å². The van der Waals surface area contributed by atoms with Gasteiger partial charge in [0.2, 0.25) is 5.88 Å². The molecule has 0 unspecified atom stereocenters. The number of fused-ring (bicyclic) bond motifs is 1. The maximum Gasteiger partial charge on any atom is 0.256 e. The summed E-state index contributed by atoms with van der Waals surface area (Å²) >= 11 is 0. The maximum absolute atomic E-state index is 12.8. The minimum atomic E-state index is -0.370. The van der Waals surface area contributed by atoms with Crippen molar-refractivity contribution in [1.29, 1.82) is 0 Å². The van der Waals surface area contributed by atoms with Gasteiger partial charge in [0.1, 0.15) is 5.75 Å². The normalized spacial score (nSPS) is 10.6. The summed E-state index contributed by atoms with van der Waals surface area (Å²) < 4.78 is 7.21. The molecule has 0 aliphatic rings. The zero-order valence-electron chi connectivity index (χ0n) is 15.1. The quantitative estimate of drug-likeness (QED) is 0.589. The molecule has 0 bridgehead atoms. The lowest BCUT2D eigenvalue weighted by molar-refractivity contribution is 0.102. The molecule has 0 radical (unpaired) electrons. The average Bonchev–Trinajstić information content (AvgIpc) is 2.72. The second-order valence-corrected chi connectivity index (χ2v) is 6.22. The number of aryl methyl sites for hydroxylation is 1. The van der Waals surface area contributed by atoms with Gasteiger partial charge in [0.05, 0.1) is 11.1 Å². The fraction of sp³-hybridized carbons (Fsp3) is 0.0455. The molecule has 138 valence electrons. The van der Waals surface area contributed by atoms with Crippen LogP contribution in [-0.2, 0) is 7.05 Å². The Hall–Kier alpha value is -3.93. The predicted molar refractivity (Wildman–Crippen MR) is 108 cm³/mol. The van der Waals surface area contributed by atoms with Crippen molar-refractivity contribution in [2.75, 3.05) is 5.32 Å². The van der Waals surface area contributed by atoms with Crippen molar-refractivity contribution < 1.29 is 9.53 Å². The van der Waals surface area contributed by atoms with Crippen molar-refractivity contribution in [2.24, 2.45) is 7.05 Å². The zero-order valence-corrected chi connectivity index (χ0v) is 15.1. The van der Waals surface area contributed by atoms with Crippen LogP contribution in [-0.4, -0.2) is 15.5 Å². The SMILES string of the molecule is Cn1c(=O)cc(C(=O)Nc2ccnc(Oc3ccccc3)c2)c2ccccc21.